The summed E-state index contributed by atoms with van der Waals surface area (Å²) in [6.07, 6.45) is 6.05. The smallest absolute Gasteiger partial charge is 0.239 e. The lowest BCUT2D eigenvalue weighted by Gasteiger charge is -2.27. The van der Waals surface area contributed by atoms with Crippen molar-refractivity contribution in [1.82, 2.24) is 5.32 Å². The van der Waals surface area contributed by atoms with Crippen LogP contribution in [0.25, 0.3) is 0 Å². The topological polar surface area (TPSA) is 55.1 Å². The SMILES string of the molecule is Cc1ccc(C(NC2CCCCC2)C(N)=O)cc1Br. The molecule has 1 aliphatic carbocycles. The van der Waals surface area contributed by atoms with E-state index in [9.17, 15) is 4.79 Å². The van der Waals surface area contributed by atoms with E-state index in [1.165, 1.54) is 19.3 Å². The van der Waals surface area contributed by atoms with Crippen molar-refractivity contribution in [3.05, 3.63) is 33.8 Å². The van der Waals surface area contributed by atoms with Crippen LogP contribution in [0.3, 0.4) is 0 Å². The zero-order chi connectivity index (χ0) is 13.8. The van der Waals surface area contributed by atoms with E-state index in [4.69, 9.17) is 5.73 Å². The highest BCUT2D eigenvalue weighted by molar-refractivity contribution is 9.10. The number of carbonyl (C=O) groups excluding carboxylic acids is 1. The van der Waals surface area contributed by atoms with Gasteiger partial charge in [-0.2, -0.15) is 0 Å². The number of amides is 1. The molecule has 3 nitrogen and oxygen atoms in total. The van der Waals surface area contributed by atoms with E-state index in [0.29, 0.717) is 6.04 Å². The molecule has 4 heteroatoms. The fourth-order valence-corrected chi connectivity index (χ4v) is 3.03. The summed E-state index contributed by atoms with van der Waals surface area (Å²) >= 11 is 3.51. The number of primary amides is 1. The first kappa shape index (κ1) is 14.5. The van der Waals surface area contributed by atoms with Gasteiger partial charge in [-0.25, -0.2) is 0 Å². The number of hydrogen-bond acceptors (Lipinski definition) is 2. The predicted octanol–water partition coefficient (Wildman–Crippen LogP) is 3.21. The van der Waals surface area contributed by atoms with Gasteiger partial charge < -0.3 is 5.73 Å². The Kier molecular flexibility index (Phi) is 4.99. The first-order valence-corrected chi connectivity index (χ1v) is 7.68. The number of nitrogens with one attached hydrogen (secondary N) is 1. The summed E-state index contributed by atoms with van der Waals surface area (Å²) in [6, 6.07) is 6.00. The number of hydrogen-bond donors (Lipinski definition) is 2. The fourth-order valence-electron chi connectivity index (χ4n) is 2.64. The third-order valence-electron chi connectivity index (χ3n) is 3.82. The first-order chi connectivity index (χ1) is 9.08. The summed E-state index contributed by atoms with van der Waals surface area (Å²) in [5.41, 5.74) is 7.65. The molecule has 1 aliphatic rings. The van der Waals surface area contributed by atoms with Crippen LogP contribution in [0.2, 0.25) is 0 Å². The van der Waals surface area contributed by atoms with Crippen molar-refractivity contribution in [2.45, 2.75) is 51.1 Å². The van der Waals surface area contributed by atoms with Crippen molar-refractivity contribution >= 4 is 21.8 Å². The summed E-state index contributed by atoms with van der Waals surface area (Å²) in [6.45, 7) is 2.03. The van der Waals surface area contributed by atoms with Gasteiger partial charge in [-0.15, -0.1) is 0 Å². The molecular formula is C15H21BrN2O. The fraction of sp³-hybridized carbons (Fsp3) is 0.533. The van der Waals surface area contributed by atoms with Crippen LogP contribution in [0.4, 0.5) is 0 Å². The highest BCUT2D eigenvalue weighted by Crippen LogP contribution is 2.25. The molecule has 1 amide bonds. The molecule has 1 unspecified atom stereocenters. The quantitative estimate of drug-likeness (QED) is 0.893. The van der Waals surface area contributed by atoms with Gasteiger partial charge >= 0.3 is 0 Å². The van der Waals surface area contributed by atoms with E-state index in [-0.39, 0.29) is 11.9 Å². The Labute approximate surface area is 123 Å². The molecule has 0 aromatic heterocycles. The van der Waals surface area contributed by atoms with Gasteiger partial charge in [0.15, 0.2) is 0 Å². The molecule has 0 saturated heterocycles. The van der Waals surface area contributed by atoms with Gasteiger partial charge in [0.05, 0.1) is 0 Å². The molecule has 1 atom stereocenters. The van der Waals surface area contributed by atoms with Crippen LogP contribution >= 0.6 is 15.9 Å². The van der Waals surface area contributed by atoms with Gasteiger partial charge in [0.1, 0.15) is 6.04 Å². The van der Waals surface area contributed by atoms with Gasteiger partial charge in [-0.1, -0.05) is 47.3 Å². The molecule has 2 rings (SSSR count). The van der Waals surface area contributed by atoms with Crippen molar-refractivity contribution in [2.24, 2.45) is 5.73 Å². The molecule has 0 aliphatic heterocycles. The summed E-state index contributed by atoms with van der Waals surface area (Å²) < 4.78 is 1.02. The van der Waals surface area contributed by atoms with E-state index < -0.39 is 0 Å². The van der Waals surface area contributed by atoms with Crippen LogP contribution in [0.5, 0.6) is 0 Å². The summed E-state index contributed by atoms with van der Waals surface area (Å²) in [7, 11) is 0. The number of carbonyl (C=O) groups is 1. The summed E-state index contributed by atoms with van der Waals surface area (Å²) in [5.74, 6) is -0.304. The minimum atomic E-state index is -0.389. The van der Waals surface area contributed by atoms with Gasteiger partial charge in [0.2, 0.25) is 5.91 Å². The van der Waals surface area contributed by atoms with Gasteiger partial charge in [-0.05, 0) is 37.0 Å². The van der Waals surface area contributed by atoms with Crippen LogP contribution in [-0.2, 0) is 4.79 Å². The van der Waals surface area contributed by atoms with Crippen molar-refractivity contribution in [2.75, 3.05) is 0 Å². The number of nitrogens with two attached hydrogens (primary N) is 1. The van der Waals surface area contributed by atoms with E-state index >= 15 is 0 Å². The normalized spacial score (nSPS) is 18.2. The van der Waals surface area contributed by atoms with Crippen LogP contribution in [-0.4, -0.2) is 11.9 Å². The van der Waals surface area contributed by atoms with Crippen LogP contribution in [0.15, 0.2) is 22.7 Å². The molecule has 104 valence electrons. The first-order valence-electron chi connectivity index (χ1n) is 6.89. The van der Waals surface area contributed by atoms with E-state index in [1.807, 2.05) is 25.1 Å². The molecular weight excluding hydrogens is 304 g/mol. The minimum absolute atomic E-state index is 0.304. The van der Waals surface area contributed by atoms with Crippen molar-refractivity contribution in [3.63, 3.8) is 0 Å². The molecule has 1 saturated carbocycles. The lowest BCUT2D eigenvalue weighted by molar-refractivity contribution is -0.120. The Hall–Kier alpha value is -0.870. The largest absolute Gasteiger partial charge is 0.368 e. The summed E-state index contributed by atoms with van der Waals surface area (Å²) in [4.78, 5) is 11.7. The van der Waals surface area contributed by atoms with Gasteiger partial charge in [0.25, 0.3) is 0 Å². The number of aryl methyl sites for hydroxylation is 1. The highest BCUT2D eigenvalue weighted by atomic mass is 79.9. The minimum Gasteiger partial charge on any atom is -0.368 e. The maximum absolute atomic E-state index is 11.7. The lowest BCUT2D eigenvalue weighted by atomic mass is 9.93. The average Bonchev–Trinajstić information content (AvgIpc) is 2.40. The Morgan fingerprint density at radius 2 is 2.05 bits per heavy atom. The zero-order valence-electron chi connectivity index (χ0n) is 11.3. The van der Waals surface area contributed by atoms with E-state index in [0.717, 1.165) is 28.4 Å². The second-order valence-corrected chi connectivity index (χ2v) is 6.20. The lowest BCUT2D eigenvalue weighted by Crippen LogP contribution is -2.41. The molecule has 1 fully saturated rings. The van der Waals surface area contributed by atoms with Crippen molar-refractivity contribution in [1.29, 1.82) is 0 Å². The Balaban J connectivity index is 2.14. The Bertz CT molecular complexity index is 455. The second kappa shape index (κ2) is 6.53. The maximum Gasteiger partial charge on any atom is 0.239 e. The molecule has 0 heterocycles. The molecule has 0 radical (unpaired) electrons. The van der Waals surface area contributed by atoms with Gasteiger partial charge in [-0.3, -0.25) is 10.1 Å². The van der Waals surface area contributed by atoms with Crippen LogP contribution < -0.4 is 11.1 Å². The van der Waals surface area contributed by atoms with Gasteiger partial charge in [0, 0.05) is 10.5 Å². The molecule has 0 spiro atoms. The van der Waals surface area contributed by atoms with Crippen LogP contribution in [0.1, 0.15) is 49.3 Å². The predicted molar refractivity (Wildman–Crippen MR) is 80.8 cm³/mol. The third-order valence-corrected chi connectivity index (χ3v) is 4.68. The molecule has 3 N–H and O–H groups in total. The monoisotopic (exact) mass is 324 g/mol. The van der Waals surface area contributed by atoms with Crippen molar-refractivity contribution in [3.8, 4) is 0 Å². The van der Waals surface area contributed by atoms with E-state index in [2.05, 4.69) is 21.2 Å². The summed E-state index contributed by atoms with van der Waals surface area (Å²) in [5, 5.41) is 3.42. The highest BCUT2D eigenvalue weighted by Gasteiger charge is 2.23. The molecule has 19 heavy (non-hydrogen) atoms. The number of halogens is 1. The molecule has 1 aromatic carbocycles. The second-order valence-electron chi connectivity index (χ2n) is 5.35. The standard InChI is InChI=1S/C15H21BrN2O/c1-10-7-8-11(9-13(10)16)14(15(17)19)18-12-5-3-2-4-6-12/h7-9,12,14,18H,2-6H2,1H3,(H2,17,19). The van der Waals surface area contributed by atoms with Crippen molar-refractivity contribution < 1.29 is 4.79 Å². The third kappa shape index (κ3) is 3.80. The zero-order valence-corrected chi connectivity index (χ0v) is 12.9. The van der Waals surface area contributed by atoms with Crippen LogP contribution in [0, 0.1) is 6.92 Å². The maximum atomic E-state index is 11.7. The number of benzene rings is 1. The molecule has 0 bridgehead atoms. The Morgan fingerprint density at radius 1 is 1.37 bits per heavy atom. The molecule has 1 aromatic rings. The number of rotatable bonds is 4. The van der Waals surface area contributed by atoms with E-state index in [1.54, 1.807) is 0 Å². The Morgan fingerprint density at radius 3 is 2.63 bits per heavy atom. The average molecular weight is 325 g/mol.